The second-order valence-electron chi connectivity index (χ2n) is 6.43. The standard InChI is InChI=1S/C18H20N2O/c1-11-5-4-6-15(19)16(11)20-13-7-8-14-12(9-13)10-18(2,3)17(14)21/h4-9,20H,10,19H2,1-3H3. The van der Waals surface area contributed by atoms with Crippen LogP contribution in [0.3, 0.4) is 0 Å². The van der Waals surface area contributed by atoms with Crippen molar-refractivity contribution in [3.63, 3.8) is 0 Å². The minimum Gasteiger partial charge on any atom is -0.397 e. The number of carbonyl (C=O) groups is 1. The van der Waals surface area contributed by atoms with E-state index in [2.05, 4.69) is 11.4 Å². The van der Waals surface area contributed by atoms with Gasteiger partial charge in [0.05, 0.1) is 11.4 Å². The maximum absolute atomic E-state index is 12.3. The lowest BCUT2D eigenvalue weighted by Crippen LogP contribution is -2.18. The summed E-state index contributed by atoms with van der Waals surface area (Å²) in [4.78, 5) is 12.3. The van der Waals surface area contributed by atoms with Crippen LogP contribution in [0.5, 0.6) is 0 Å². The Morgan fingerprint density at radius 1 is 1.19 bits per heavy atom. The minimum atomic E-state index is -0.289. The van der Waals surface area contributed by atoms with Gasteiger partial charge in [0.25, 0.3) is 0 Å². The Kier molecular flexibility index (Phi) is 3.01. The van der Waals surface area contributed by atoms with E-state index in [0.717, 1.165) is 40.2 Å². The van der Waals surface area contributed by atoms with Crippen molar-refractivity contribution < 1.29 is 4.79 Å². The Balaban J connectivity index is 1.95. The molecular weight excluding hydrogens is 260 g/mol. The number of carbonyl (C=O) groups excluding carboxylic acids is 1. The van der Waals surface area contributed by atoms with Crippen molar-refractivity contribution in [2.75, 3.05) is 11.1 Å². The zero-order valence-electron chi connectivity index (χ0n) is 12.7. The van der Waals surface area contributed by atoms with Gasteiger partial charge in [-0.2, -0.15) is 0 Å². The average molecular weight is 280 g/mol. The summed E-state index contributed by atoms with van der Waals surface area (Å²) < 4.78 is 0. The van der Waals surface area contributed by atoms with Gasteiger partial charge in [0, 0.05) is 16.7 Å². The number of aryl methyl sites for hydroxylation is 1. The fourth-order valence-corrected chi connectivity index (χ4v) is 2.97. The Morgan fingerprint density at radius 3 is 2.67 bits per heavy atom. The normalized spacial score (nSPS) is 15.9. The molecule has 0 atom stereocenters. The lowest BCUT2D eigenvalue weighted by molar-refractivity contribution is 0.0863. The molecule has 3 rings (SSSR count). The molecule has 3 nitrogen and oxygen atoms in total. The molecule has 2 aromatic rings. The number of hydrogen-bond donors (Lipinski definition) is 2. The Hall–Kier alpha value is -2.29. The lowest BCUT2D eigenvalue weighted by Gasteiger charge is -2.13. The van der Waals surface area contributed by atoms with E-state index in [0.29, 0.717) is 0 Å². The van der Waals surface area contributed by atoms with Gasteiger partial charge in [0.2, 0.25) is 0 Å². The van der Waals surface area contributed by atoms with Gasteiger partial charge in [-0.1, -0.05) is 26.0 Å². The number of para-hydroxylation sites is 1. The molecule has 2 aromatic carbocycles. The number of rotatable bonds is 2. The average Bonchev–Trinajstić information content (AvgIpc) is 2.64. The Labute approximate surface area is 125 Å². The first-order valence-electron chi connectivity index (χ1n) is 7.18. The summed E-state index contributed by atoms with van der Waals surface area (Å²) >= 11 is 0. The molecule has 0 fully saturated rings. The van der Waals surface area contributed by atoms with Crippen molar-refractivity contribution in [3.8, 4) is 0 Å². The van der Waals surface area contributed by atoms with Gasteiger partial charge < -0.3 is 11.1 Å². The monoisotopic (exact) mass is 280 g/mol. The quantitative estimate of drug-likeness (QED) is 0.815. The predicted molar refractivity (Wildman–Crippen MR) is 87.1 cm³/mol. The van der Waals surface area contributed by atoms with Crippen LogP contribution < -0.4 is 11.1 Å². The number of nitrogens with two attached hydrogens (primary N) is 1. The zero-order valence-corrected chi connectivity index (χ0v) is 12.7. The third-order valence-corrected chi connectivity index (χ3v) is 4.17. The molecule has 0 bridgehead atoms. The zero-order chi connectivity index (χ0) is 15.2. The summed E-state index contributed by atoms with van der Waals surface area (Å²) in [6, 6.07) is 11.8. The predicted octanol–water partition coefficient (Wildman–Crippen LogP) is 4.09. The number of hydrogen-bond acceptors (Lipinski definition) is 3. The van der Waals surface area contributed by atoms with Crippen LogP contribution >= 0.6 is 0 Å². The van der Waals surface area contributed by atoms with Crippen LogP contribution in [0.4, 0.5) is 17.1 Å². The molecule has 0 amide bonds. The van der Waals surface area contributed by atoms with E-state index >= 15 is 0 Å². The van der Waals surface area contributed by atoms with Gasteiger partial charge in [-0.3, -0.25) is 4.79 Å². The first-order valence-corrected chi connectivity index (χ1v) is 7.18. The summed E-state index contributed by atoms with van der Waals surface area (Å²) in [5, 5.41) is 3.38. The fourth-order valence-electron chi connectivity index (χ4n) is 2.97. The van der Waals surface area contributed by atoms with Crippen molar-refractivity contribution in [3.05, 3.63) is 53.1 Å². The van der Waals surface area contributed by atoms with Crippen LogP contribution in [0.2, 0.25) is 0 Å². The SMILES string of the molecule is Cc1cccc(N)c1Nc1ccc2c(c1)CC(C)(C)C2=O. The highest BCUT2D eigenvalue weighted by molar-refractivity contribution is 6.04. The smallest absolute Gasteiger partial charge is 0.169 e. The minimum absolute atomic E-state index is 0.236. The second-order valence-corrected chi connectivity index (χ2v) is 6.43. The number of nitrogen functional groups attached to an aromatic ring is 1. The van der Waals surface area contributed by atoms with Crippen molar-refractivity contribution in [2.24, 2.45) is 5.41 Å². The Bertz CT molecular complexity index is 712. The number of ketones is 1. The van der Waals surface area contributed by atoms with Gasteiger partial charge in [-0.05, 0) is 48.7 Å². The molecule has 0 spiro atoms. The second kappa shape index (κ2) is 4.62. The molecule has 0 saturated carbocycles. The summed E-state index contributed by atoms with van der Waals surface area (Å²) in [5.41, 5.74) is 11.4. The fraction of sp³-hybridized carbons (Fsp3) is 0.278. The van der Waals surface area contributed by atoms with Crippen molar-refractivity contribution in [2.45, 2.75) is 27.2 Å². The molecule has 0 heterocycles. The first kappa shape index (κ1) is 13.7. The Morgan fingerprint density at radius 2 is 1.95 bits per heavy atom. The van der Waals surface area contributed by atoms with Crippen LogP contribution in [0.1, 0.15) is 35.3 Å². The number of nitrogens with one attached hydrogen (secondary N) is 1. The molecule has 0 saturated heterocycles. The van der Waals surface area contributed by atoms with Gasteiger partial charge in [-0.15, -0.1) is 0 Å². The number of fused-ring (bicyclic) bond motifs is 1. The molecule has 108 valence electrons. The summed E-state index contributed by atoms with van der Waals surface area (Å²) in [7, 11) is 0. The van der Waals surface area contributed by atoms with E-state index < -0.39 is 0 Å². The summed E-state index contributed by atoms with van der Waals surface area (Å²) in [6.07, 6.45) is 0.792. The molecule has 3 heteroatoms. The van der Waals surface area contributed by atoms with Crippen molar-refractivity contribution in [1.29, 1.82) is 0 Å². The molecule has 1 aliphatic carbocycles. The van der Waals surface area contributed by atoms with E-state index in [1.807, 2.05) is 51.1 Å². The lowest BCUT2D eigenvalue weighted by atomic mass is 9.89. The van der Waals surface area contributed by atoms with Gasteiger partial charge in [-0.25, -0.2) is 0 Å². The molecule has 0 aliphatic heterocycles. The van der Waals surface area contributed by atoms with Crippen LogP contribution in [0, 0.1) is 12.3 Å². The number of anilines is 3. The van der Waals surface area contributed by atoms with Crippen LogP contribution in [-0.2, 0) is 6.42 Å². The number of Topliss-reactive ketones (excluding diaryl/α,β-unsaturated/α-hetero) is 1. The third-order valence-electron chi connectivity index (χ3n) is 4.17. The maximum atomic E-state index is 12.3. The molecular formula is C18H20N2O. The largest absolute Gasteiger partial charge is 0.397 e. The summed E-state index contributed by atoms with van der Waals surface area (Å²) in [6.45, 7) is 6.03. The van der Waals surface area contributed by atoms with E-state index in [1.54, 1.807) is 0 Å². The van der Waals surface area contributed by atoms with Gasteiger partial charge in [0.1, 0.15) is 0 Å². The topological polar surface area (TPSA) is 55.1 Å². The van der Waals surface area contributed by atoms with Crippen LogP contribution in [0.25, 0.3) is 0 Å². The number of benzene rings is 2. The highest BCUT2D eigenvalue weighted by atomic mass is 16.1. The maximum Gasteiger partial charge on any atom is 0.169 e. The molecule has 0 unspecified atom stereocenters. The van der Waals surface area contributed by atoms with E-state index in [-0.39, 0.29) is 11.2 Å². The molecule has 3 N–H and O–H groups in total. The van der Waals surface area contributed by atoms with Gasteiger partial charge in [0.15, 0.2) is 5.78 Å². The highest BCUT2D eigenvalue weighted by Crippen LogP contribution is 2.38. The van der Waals surface area contributed by atoms with Crippen LogP contribution in [0.15, 0.2) is 36.4 Å². The van der Waals surface area contributed by atoms with Crippen molar-refractivity contribution >= 4 is 22.8 Å². The molecule has 1 aliphatic rings. The van der Waals surface area contributed by atoms with Crippen LogP contribution in [-0.4, -0.2) is 5.78 Å². The molecule has 0 aromatic heterocycles. The van der Waals surface area contributed by atoms with E-state index in [4.69, 9.17) is 5.73 Å². The first-order chi connectivity index (χ1) is 9.88. The summed E-state index contributed by atoms with van der Waals surface area (Å²) in [5.74, 6) is 0.236. The van der Waals surface area contributed by atoms with E-state index in [9.17, 15) is 4.79 Å². The van der Waals surface area contributed by atoms with Crippen molar-refractivity contribution in [1.82, 2.24) is 0 Å². The molecule has 0 radical (unpaired) electrons. The molecule has 21 heavy (non-hydrogen) atoms. The van der Waals surface area contributed by atoms with E-state index in [1.165, 1.54) is 0 Å². The van der Waals surface area contributed by atoms with Gasteiger partial charge >= 0.3 is 0 Å². The highest BCUT2D eigenvalue weighted by Gasteiger charge is 2.37. The third kappa shape index (κ3) is 2.29.